The summed E-state index contributed by atoms with van der Waals surface area (Å²) in [5, 5.41) is 3.79. The molecule has 0 saturated heterocycles. The zero-order valence-corrected chi connectivity index (χ0v) is 42.1. The van der Waals surface area contributed by atoms with Gasteiger partial charge in [-0.1, -0.05) is 168 Å². The van der Waals surface area contributed by atoms with Crippen LogP contribution in [0.15, 0.2) is 60.7 Å². The lowest BCUT2D eigenvalue weighted by Gasteiger charge is -2.56. The standard InChI is InChI=1S/C56H67N2OPS/c1-50(2,3)30-20-22-37-33(24-30)55(16,17)43-35(53(10,11)12)28-41-48-45(43)57(37)39-26-32(52(7,8)9)27-40-47(39)60(48,61)49-42(59-41)29-36(54(13,14)15)44-46(49)58(40)38-23-21-31(51(4,5)6)25-34(38)56(44,18)19/h20-29H,1-19H3. The van der Waals surface area contributed by atoms with Crippen molar-refractivity contribution in [1.29, 1.82) is 0 Å². The highest BCUT2D eigenvalue weighted by Crippen LogP contribution is 2.72. The van der Waals surface area contributed by atoms with Crippen LogP contribution in [0.25, 0.3) is 0 Å². The molecule has 0 atom stereocenters. The fourth-order valence-corrected chi connectivity index (χ4v) is 16.6. The molecule has 5 aromatic carbocycles. The monoisotopic (exact) mass is 846 g/mol. The van der Waals surface area contributed by atoms with Gasteiger partial charge in [0.05, 0.1) is 50.8 Å². The summed E-state index contributed by atoms with van der Waals surface area (Å²) >= 11 is 7.73. The first kappa shape index (κ1) is 41.2. The van der Waals surface area contributed by atoms with Crippen LogP contribution in [-0.2, 0) is 49.7 Å². The molecule has 5 aliphatic heterocycles. The SMILES string of the molecule is CC(C)(C)c1cc2c3c(c1)N1c4ccc(C(C)(C)C)cc4C(C)(C)c4c(C(C)(C)C)cc5c(c41)P3(=S)c1c(cc(C(C)(C)C)c3c1N2c1ccc(C(C)(C)C)cc1C3(C)C)O5. The second-order valence-electron chi connectivity index (χ2n) is 25.2. The summed E-state index contributed by atoms with van der Waals surface area (Å²) in [6.45, 7) is 45.2. The van der Waals surface area contributed by atoms with Crippen LogP contribution in [0.4, 0.5) is 34.1 Å². The highest BCUT2D eigenvalue weighted by atomic mass is 32.4. The van der Waals surface area contributed by atoms with Crippen LogP contribution in [0.2, 0.25) is 0 Å². The second kappa shape index (κ2) is 11.6. The van der Waals surface area contributed by atoms with Crippen molar-refractivity contribution in [2.75, 3.05) is 9.80 Å². The van der Waals surface area contributed by atoms with Gasteiger partial charge >= 0.3 is 0 Å². The summed E-state index contributed by atoms with van der Waals surface area (Å²) in [5.74, 6) is 1.90. The van der Waals surface area contributed by atoms with E-state index in [-0.39, 0.29) is 37.9 Å². The Kier molecular flexibility index (Phi) is 7.85. The molecule has 0 bridgehead atoms. The molecule has 5 aliphatic rings. The maximum Gasteiger partial charge on any atom is 0.138 e. The smallest absolute Gasteiger partial charge is 0.138 e. The number of hydrogen-bond acceptors (Lipinski definition) is 4. The van der Waals surface area contributed by atoms with Gasteiger partial charge in [-0.25, -0.2) is 0 Å². The molecule has 0 aromatic heterocycles. The van der Waals surface area contributed by atoms with Gasteiger partial charge in [0.2, 0.25) is 0 Å². The Bertz CT molecular complexity index is 2710. The number of nitrogens with zero attached hydrogens (tertiary/aromatic N) is 2. The lowest BCUT2D eigenvalue weighted by molar-refractivity contribution is 0.473. The summed E-state index contributed by atoms with van der Waals surface area (Å²) < 4.78 is 7.56. The number of anilines is 6. The summed E-state index contributed by atoms with van der Waals surface area (Å²) in [6, 6.07) is 21.8. The van der Waals surface area contributed by atoms with Gasteiger partial charge in [-0.05, 0) is 114 Å². The minimum Gasteiger partial charge on any atom is -0.456 e. The highest BCUT2D eigenvalue weighted by Gasteiger charge is 2.58. The Morgan fingerprint density at radius 3 is 1.13 bits per heavy atom. The Hall–Kier alpha value is -3.85. The summed E-state index contributed by atoms with van der Waals surface area (Å²) in [4.78, 5) is 5.33. The van der Waals surface area contributed by atoms with Crippen molar-refractivity contribution < 1.29 is 4.74 Å². The zero-order chi connectivity index (χ0) is 44.5. The normalized spacial score (nSPS) is 18.3. The predicted octanol–water partition coefficient (Wildman–Crippen LogP) is 14.9. The molecule has 5 heterocycles. The molecule has 0 unspecified atom stereocenters. The quantitative estimate of drug-likeness (QED) is 0.141. The summed E-state index contributed by atoms with van der Waals surface area (Å²) in [5.41, 5.74) is 18.7. The molecular weight excluding hydrogens is 780 g/mol. The lowest BCUT2D eigenvalue weighted by Crippen LogP contribution is -2.51. The molecule has 5 aromatic rings. The summed E-state index contributed by atoms with van der Waals surface area (Å²) in [6.07, 6.45) is 0. The minimum absolute atomic E-state index is 0.00245. The third-order valence-corrected chi connectivity index (χ3v) is 19.8. The molecule has 0 radical (unpaired) electrons. The number of benzene rings is 5. The van der Waals surface area contributed by atoms with E-state index in [9.17, 15) is 0 Å². The number of rotatable bonds is 0. The van der Waals surface area contributed by atoms with Crippen LogP contribution in [0.1, 0.15) is 182 Å². The maximum absolute atomic E-state index is 7.73. The number of hydrogen-bond donors (Lipinski definition) is 0. The third kappa shape index (κ3) is 5.19. The van der Waals surface area contributed by atoms with E-state index in [1.807, 2.05) is 0 Å². The van der Waals surface area contributed by atoms with Crippen molar-refractivity contribution in [2.45, 2.75) is 169 Å². The van der Waals surface area contributed by atoms with Crippen molar-refractivity contribution in [3.63, 3.8) is 0 Å². The van der Waals surface area contributed by atoms with E-state index in [1.165, 1.54) is 100 Å². The molecule has 5 heteroatoms. The number of fused-ring (bicyclic) bond motifs is 6. The van der Waals surface area contributed by atoms with E-state index in [2.05, 4.69) is 202 Å². The Balaban J connectivity index is 1.46. The largest absolute Gasteiger partial charge is 0.456 e. The predicted molar refractivity (Wildman–Crippen MR) is 267 cm³/mol. The van der Waals surface area contributed by atoms with E-state index in [0.29, 0.717) is 0 Å². The Labute approximate surface area is 372 Å². The minimum atomic E-state index is -2.77. The van der Waals surface area contributed by atoms with E-state index in [4.69, 9.17) is 16.5 Å². The van der Waals surface area contributed by atoms with E-state index in [0.717, 1.165) is 11.5 Å². The van der Waals surface area contributed by atoms with Gasteiger partial charge < -0.3 is 14.5 Å². The molecule has 318 valence electrons. The fourth-order valence-electron chi connectivity index (χ4n) is 11.5. The van der Waals surface area contributed by atoms with Crippen LogP contribution in [0.3, 0.4) is 0 Å². The van der Waals surface area contributed by atoms with Gasteiger partial charge in [0.15, 0.2) is 0 Å². The van der Waals surface area contributed by atoms with Gasteiger partial charge in [0, 0.05) is 16.1 Å². The van der Waals surface area contributed by atoms with Gasteiger partial charge in [0.25, 0.3) is 0 Å². The maximum atomic E-state index is 7.73. The molecule has 0 spiro atoms. The fraction of sp³-hybridized carbons (Fsp3) is 0.464. The van der Waals surface area contributed by atoms with Crippen LogP contribution in [-0.4, -0.2) is 0 Å². The highest BCUT2D eigenvalue weighted by molar-refractivity contribution is 8.26. The average Bonchev–Trinajstić information content (AvgIpc) is 3.11. The first-order valence-electron chi connectivity index (χ1n) is 22.6. The molecule has 0 amide bonds. The van der Waals surface area contributed by atoms with Crippen LogP contribution >= 0.6 is 6.04 Å². The first-order valence-corrected chi connectivity index (χ1v) is 25.4. The zero-order valence-electron chi connectivity index (χ0n) is 40.4. The molecule has 61 heavy (non-hydrogen) atoms. The Morgan fingerprint density at radius 2 is 0.803 bits per heavy atom. The Morgan fingerprint density at radius 1 is 0.443 bits per heavy atom. The second-order valence-corrected chi connectivity index (χ2v) is 29.4. The van der Waals surface area contributed by atoms with E-state index in [1.54, 1.807) is 0 Å². The molecule has 0 fully saturated rings. The average molecular weight is 847 g/mol. The van der Waals surface area contributed by atoms with Crippen LogP contribution in [0.5, 0.6) is 11.5 Å². The lowest BCUT2D eigenvalue weighted by atomic mass is 9.66. The van der Waals surface area contributed by atoms with Crippen molar-refractivity contribution in [1.82, 2.24) is 0 Å². The molecule has 0 aliphatic carbocycles. The summed E-state index contributed by atoms with van der Waals surface area (Å²) in [7, 11) is 0. The molecule has 0 N–H and O–H groups in total. The van der Waals surface area contributed by atoms with Crippen molar-refractivity contribution >= 4 is 67.9 Å². The van der Waals surface area contributed by atoms with E-state index < -0.39 is 6.04 Å². The van der Waals surface area contributed by atoms with Gasteiger partial charge in [0.1, 0.15) is 11.5 Å². The molecule has 3 nitrogen and oxygen atoms in total. The van der Waals surface area contributed by atoms with Gasteiger partial charge in [-0.3, -0.25) is 0 Å². The molecular formula is C56H67N2OPS. The van der Waals surface area contributed by atoms with Gasteiger partial charge in [-0.2, -0.15) is 0 Å². The number of ether oxygens (including phenoxy) is 1. The van der Waals surface area contributed by atoms with Crippen molar-refractivity contribution in [3.05, 3.63) is 111 Å². The van der Waals surface area contributed by atoms with Crippen LogP contribution < -0.4 is 30.5 Å². The third-order valence-electron chi connectivity index (χ3n) is 14.9. The topological polar surface area (TPSA) is 15.7 Å². The van der Waals surface area contributed by atoms with Crippen LogP contribution in [0, 0.1) is 0 Å². The van der Waals surface area contributed by atoms with Gasteiger partial charge in [-0.15, -0.1) is 0 Å². The van der Waals surface area contributed by atoms with E-state index >= 15 is 0 Å². The molecule has 10 rings (SSSR count). The first-order chi connectivity index (χ1) is 27.8. The van der Waals surface area contributed by atoms with Crippen molar-refractivity contribution in [2.24, 2.45) is 0 Å². The molecule has 0 saturated carbocycles. The van der Waals surface area contributed by atoms with Crippen molar-refractivity contribution in [3.8, 4) is 11.5 Å².